The number of rotatable bonds is 4. The van der Waals surface area contributed by atoms with Crippen LogP contribution in [-0.2, 0) is 11.3 Å². The number of carbonyl (C=O) groups is 1. The highest BCUT2D eigenvalue weighted by molar-refractivity contribution is 6.02. The number of benzene rings is 1. The molecule has 1 aromatic carbocycles. The van der Waals surface area contributed by atoms with Crippen LogP contribution in [0.4, 0.5) is 17.2 Å². The van der Waals surface area contributed by atoms with E-state index in [0.717, 1.165) is 86.7 Å². The van der Waals surface area contributed by atoms with Crippen LogP contribution < -0.4 is 15.1 Å². The van der Waals surface area contributed by atoms with E-state index >= 15 is 0 Å². The maximum absolute atomic E-state index is 12.6. The van der Waals surface area contributed by atoms with Crippen molar-refractivity contribution in [1.82, 2.24) is 19.9 Å². The molecule has 0 aliphatic carbocycles. The van der Waals surface area contributed by atoms with Crippen molar-refractivity contribution in [3.63, 3.8) is 0 Å². The van der Waals surface area contributed by atoms with Gasteiger partial charge in [-0.05, 0) is 48.6 Å². The number of hydrogen-bond acceptors (Lipinski definition) is 7. The van der Waals surface area contributed by atoms with Gasteiger partial charge in [-0.15, -0.1) is 0 Å². The van der Waals surface area contributed by atoms with Gasteiger partial charge >= 0.3 is 0 Å². The van der Waals surface area contributed by atoms with Crippen molar-refractivity contribution in [2.45, 2.75) is 31.8 Å². The van der Waals surface area contributed by atoms with Crippen molar-refractivity contribution in [2.24, 2.45) is 0 Å². The monoisotopic (exact) mass is 455 g/mol. The van der Waals surface area contributed by atoms with Crippen LogP contribution in [0.15, 0.2) is 55.2 Å². The van der Waals surface area contributed by atoms with Crippen molar-refractivity contribution < 1.29 is 4.79 Å². The predicted octanol–water partition coefficient (Wildman–Crippen LogP) is 3.17. The number of carbonyl (C=O) groups excluding carboxylic acids is 1. The first kappa shape index (κ1) is 21.0. The van der Waals surface area contributed by atoms with Crippen molar-refractivity contribution in [3.05, 3.63) is 60.8 Å². The van der Waals surface area contributed by atoms with Crippen molar-refractivity contribution >= 4 is 23.1 Å². The first-order chi connectivity index (χ1) is 16.7. The van der Waals surface area contributed by atoms with Gasteiger partial charge in [-0.1, -0.05) is 12.1 Å². The Balaban J connectivity index is 1.08. The number of nitrogens with one attached hydrogen (secondary N) is 1. The zero-order valence-electron chi connectivity index (χ0n) is 19.2. The smallest absolute Gasteiger partial charge is 0.247 e. The van der Waals surface area contributed by atoms with Gasteiger partial charge in [-0.25, -0.2) is 15.0 Å². The lowest BCUT2D eigenvalue weighted by atomic mass is 9.99. The number of pyridine rings is 1. The summed E-state index contributed by atoms with van der Waals surface area (Å²) in [5.41, 5.74) is 5.42. The summed E-state index contributed by atoms with van der Waals surface area (Å²) in [6, 6.07) is 10.7. The molecule has 0 saturated carbocycles. The number of hydrogen-bond donors (Lipinski definition) is 1. The average molecular weight is 456 g/mol. The van der Waals surface area contributed by atoms with Crippen molar-refractivity contribution in [3.8, 4) is 11.1 Å². The third-order valence-corrected chi connectivity index (χ3v) is 7.16. The Morgan fingerprint density at radius 1 is 0.912 bits per heavy atom. The predicted molar refractivity (Wildman–Crippen MR) is 133 cm³/mol. The molecule has 8 heteroatoms. The van der Waals surface area contributed by atoms with E-state index in [0.29, 0.717) is 0 Å². The Hall–Kier alpha value is -3.52. The zero-order chi connectivity index (χ0) is 22.9. The molecule has 8 nitrogen and oxygen atoms in total. The molecule has 34 heavy (non-hydrogen) atoms. The van der Waals surface area contributed by atoms with Gasteiger partial charge in [0.2, 0.25) is 5.91 Å². The molecule has 2 fully saturated rings. The lowest BCUT2D eigenvalue weighted by Gasteiger charge is -2.40. The zero-order valence-corrected chi connectivity index (χ0v) is 19.2. The molecule has 3 aromatic rings. The molecular formula is C26H29N7O. The summed E-state index contributed by atoms with van der Waals surface area (Å²) in [7, 11) is 0. The molecule has 2 aromatic heterocycles. The van der Waals surface area contributed by atoms with Gasteiger partial charge in [0.25, 0.3) is 0 Å². The molecule has 1 N–H and O–H groups in total. The number of amides is 1. The summed E-state index contributed by atoms with van der Waals surface area (Å²) < 4.78 is 0. The van der Waals surface area contributed by atoms with Crippen LogP contribution in [0.25, 0.3) is 11.1 Å². The molecule has 0 bridgehead atoms. The second-order valence-electron chi connectivity index (χ2n) is 9.35. The van der Waals surface area contributed by atoms with E-state index in [1.54, 1.807) is 6.33 Å². The van der Waals surface area contributed by atoms with Crippen LogP contribution in [0, 0.1) is 0 Å². The molecule has 174 valence electrons. The standard InChI is InChI=1S/C26H29N7O/c34-26-24-3-1-2-8-33(24)25-23(30-26)13-19(14-29-25)17-31-9-11-32(12-10-31)22-6-4-20(5-7-22)21-15-27-18-28-16-21/h4-7,13-16,18,24H,1-3,8-12,17H2,(H,30,34). The fourth-order valence-corrected chi connectivity index (χ4v) is 5.32. The first-order valence-electron chi connectivity index (χ1n) is 12.1. The number of aromatic nitrogens is 3. The number of nitrogens with zero attached hydrogens (tertiary/aromatic N) is 6. The van der Waals surface area contributed by atoms with Crippen molar-refractivity contribution in [1.29, 1.82) is 0 Å². The maximum atomic E-state index is 12.6. The average Bonchev–Trinajstić information content (AvgIpc) is 2.90. The summed E-state index contributed by atoms with van der Waals surface area (Å²) in [4.78, 5) is 32.6. The molecule has 0 radical (unpaired) electrons. The Kier molecular flexibility index (Phi) is 5.58. The van der Waals surface area contributed by atoms with Gasteiger partial charge < -0.3 is 15.1 Å². The lowest BCUT2D eigenvalue weighted by Crippen LogP contribution is -2.51. The molecule has 5 heterocycles. The highest BCUT2D eigenvalue weighted by atomic mass is 16.2. The van der Waals surface area contributed by atoms with Crippen LogP contribution in [-0.4, -0.2) is 64.5 Å². The largest absolute Gasteiger partial charge is 0.369 e. The van der Waals surface area contributed by atoms with Crippen LogP contribution in [0.5, 0.6) is 0 Å². The van der Waals surface area contributed by atoms with E-state index < -0.39 is 0 Å². The van der Waals surface area contributed by atoms with E-state index in [4.69, 9.17) is 4.98 Å². The molecule has 6 rings (SSSR count). The van der Waals surface area contributed by atoms with Gasteiger partial charge in [0.05, 0.1) is 5.69 Å². The Labute approximate surface area is 199 Å². The lowest BCUT2D eigenvalue weighted by molar-refractivity contribution is -0.118. The van der Waals surface area contributed by atoms with Crippen LogP contribution in [0.2, 0.25) is 0 Å². The van der Waals surface area contributed by atoms with Crippen molar-refractivity contribution in [2.75, 3.05) is 47.8 Å². The molecule has 1 atom stereocenters. The minimum atomic E-state index is -0.0530. The number of piperazine rings is 1. The first-order valence-corrected chi connectivity index (χ1v) is 12.1. The minimum Gasteiger partial charge on any atom is -0.369 e. The van der Waals surface area contributed by atoms with Gasteiger partial charge in [0.1, 0.15) is 12.4 Å². The Morgan fingerprint density at radius 2 is 1.71 bits per heavy atom. The highest BCUT2D eigenvalue weighted by Gasteiger charge is 2.35. The number of anilines is 3. The number of fused-ring (bicyclic) bond motifs is 3. The highest BCUT2D eigenvalue weighted by Crippen LogP contribution is 2.35. The van der Waals surface area contributed by atoms with Crippen LogP contribution >= 0.6 is 0 Å². The number of piperidine rings is 1. The molecule has 3 aliphatic heterocycles. The van der Waals surface area contributed by atoms with E-state index in [9.17, 15) is 4.79 Å². The van der Waals surface area contributed by atoms with E-state index in [-0.39, 0.29) is 11.9 Å². The second-order valence-corrected chi connectivity index (χ2v) is 9.35. The topological polar surface area (TPSA) is 77.5 Å². The fraction of sp³-hybridized carbons (Fsp3) is 0.385. The molecular weight excluding hydrogens is 426 g/mol. The normalized spacial score (nSPS) is 20.5. The molecule has 3 aliphatic rings. The fourth-order valence-electron chi connectivity index (χ4n) is 5.32. The van der Waals surface area contributed by atoms with Gasteiger partial charge in [0, 0.05) is 69.1 Å². The SMILES string of the molecule is O=C1Nc2cc(CN3CCN(c4ccc(-c5cncnc5)cc4)CC3)cnc2N2CCCCC12. The van der Waals surface area contributed by atoms with Crippen LogP contribution in [0.1, 0.15) is 24.8 Å². The minimum absolute atomic E-state index is 0.0530. The Bertz CT molecular complexity index is 1160. The maximum Gasteiger partial charge on any atom is 0.247 e. The molecule has 1 amide bonds. The molecule has 1 unspecified atom stereocenters. The third kappa shape index (κ3) is 4.09. The second kappa shape index (κ2) is 9.02. The summed E-state index contributed by atoms with van der Waals surface area (Å²) in [6.45, 7) is 5.72. The van der Waals surface area contributed by atoms with E-state index in [1.165, 1.54) is 5.69 Å². The summed E-state index contributed by atoms with van der Waals surface area (Å²) in [6.07, 6.45) is 10.4. The quantitative estimate of drug-likeness (QED) is 0.647. The van der Waals surface area contributed by atoms with Gasteiger partial charge in [-0.3, -0.25) is 9.69 Å². The van der Waals surface area contributed by atoms with E-state index in [1.807, 2.05) is 18.6 Å². The van der Waals surface area contributed by atoms with Crippen LogP contribution in [0.3, 0.4) is 0 Å². The van der Waals surface area contributed by atoms with E-state index in [2.05, 4.69) is 60.3 Å². The summed E-state index contributed by atoms with van der Waals surface area (Å²) in [5.74, 6) is 1.05. The summed E-state index contributed by atoms with van der Waals surface area (Å²) in [5, 5.41) is 3.10. The third-order valence-electron chi connectivity index (χ3n) is 7.16. The Morgan fingerprint density at radius 3 is 2.50 bits per heavy atom. The summed E-state index contributed by atoms with van der Waals surface area (Å²) >= 11 is 0. The van der Waals surface area contributed by atoms with Gasteiger partial charge in [-0.2, -0.15) is 0 Å². The molecule has 0 spiro atoms. The molecule has 2 saturated heterocycles. The van der Waals surface area contributed by atoms with Gasteiger partial charge in [0.15, 0.2) is 5.82 Å².